The Labute approximate surface area is 106 Å². The molecule has 0 N–H and O–H groups in total. The van der Waals surface area contributed by atoms with Crippen molar-refractivity contribution in [2.75, 3.05) is 25.6 Å². The molecule has 0 unspecified atom stereocenters. The van der Waals surface area contributed by atoms with Gasteiger partial charge in [-0.05, 0) is 16.4 Å². The van der Waals surface area contributed by atoms with Crippen molar-refractivity contribution >= 4 is 28.4 Å². The number of hydrogen-bond acceptors (Lipinski definition) is 8. The quantitative estimate of drug-likeness (QED) is 0.452. The highest BCUT2D eigenvalue weighted by molar-refractivity contribution is 5.94. The van der Waals surface area contributed by atoms with Crippen molar-refractivity contribution in [2.24, 2.45) is 0 Å². The lowest BCUT2D eigenvalue weighted by atomic mass is 10.2. The summed E-state index contributed by atoms with van der Waals surface area (Å²) in [4.78, 5) is 23.0. The Balaban J connectivity index is 2.45. The van der Waals surface area contributed by atoms with Crippen LogP contribution in [-0.2, 0) is 9.53 Å². The number of aromatic nitrogens is 2. The Morgan fingerprint density at radius 1 is 1.47 bits per heavy atom. The third-order valence-electron chi connectivity index (χ3n) is 2.57. The molecule has 9 nitrogen and oxygen atoms in total. The van der Waals surface area contributed by atoms with Gasteiger partial charge in [-0.2, -0.15) is 0 Å². The summed E-state index contributed by atoms with van der Waals surface area (Å²) in [6.07, 6.45) is 0. The van der Waals surface area contributed by atoms with Gasteiger partial charge in [-0.3, -0.25) is 14.9 Å². The van der Waals surface area contributed by atoms with E-state index in [1.54, 1.807) is 11.9 Å². The summed E-state index contributed by atoms with van der Waals surface area (Å²) in [5.41, 5.74) is 0.554. The Morgan fingerprint density at radius 3 is 2.79 bits per heavy atom. The second-order valence-electron chi connectivity index (χ2n) is 3.75. The molecule has 0 atom stereocenters. The van der Waals surface area contributed by atoms with E-state index in [1.807, 2.05) is 0 Å². The number of benzene rings is 1. The molecule has 0 saturated heterocycles. The number of carbonyl (C=O) groups is 1. The number of carbonyl (C=O) groups excluding carboxylic acids is 1. The van der Waals surface area contributed by atoms with Crippen molar-refractivity contribution in [1.82, 2.24) is 10.3 Å². The molecule has 0 radical (unpaired) electrons. The standard InChI is InChI=1S/C10H10N4O5/c1-13(5-8(15)18-2)6-3-4-7(14(16)17)10-9(6)11-19-12-10/h3-4H,5H2,1-2H3. The van der Waals surface area contributed by atoms with Gasteiger partial charge >= 0.3 is 11.7 Å². The van der Waals surface area contributed by atoms with E-state index >= 15 is 0 Å². The third-order valence-corrected chi connectivity index (χ3v) is 2.57. The maximum atomic E-state index is 11.2. The van der Waals surface area contributed by atoms with Gasteiger partial charge in [0.1, 0.15) is 6.54 Å². The fourth-order valence-corrected chi connectivity index (χ4v) is 1.64. The van der Waals surface area contributed by atoms with Crippen molar-refractivity contribution in [1.29, 1.82) is 0 Å². The number of ether oxygens (including phenoxy) is 1. The van der Waals surface area contributed by atoms with E-state index < -0.39 is 10.9 Å². The largest absolute Gasteiger partial charge is 0.468 e. The number of esters is 1. The summed E-state index contributed by atoms with van der Waals surface area (Å²) in [5.74, 6) is -0.439. The van der Waals surface area contributed by atoms with Crippen LogP contribution in [0.1, 0.15) is 0 Å². The number of likely N-dealkylation sites (N-methyl/N-ethyl adjacent to an activating group) is 1. The third kappa shape index (κ3) is 2.30. The van der Waals surface area contributed by atoms with Gasteiger partial charge in [0.15, 0.2) is 5.52 Å². The second kappa shape index (κ2) is 4.88. The van der Waals surface area contributed by atoms with E-state index in [9.17, 15) is 14.9 Å². The van der Waals surface area contributed by atoms with Crippen LogP contribution in [0.5, 0.6) is 0 Å². The number of nitro benzene ring substituents is 1. The van der Waals surface area contributed by atoms with E-state index in [4.69, 9.17) is 0 Å². The number of hydrogen-bond donors (Lipinski definition) is 0. The summed E-state index contributed by atoms with van der Waals surface area (Å²) in [5, 5.41) is 18.0. The summed E-state index contributed by atoms with van der Waals surface area (Å²) in [6.45, 7) is -0.0176. The highest BCUT2D eigenvalue weighted by Gasteiger charge is 2.21. The predicted molar refractivity (Wildman–Crippen MR) is 63.7 cm³/mol. The molecular weight excluding hydrogens is 256 g/mol. The Morgan fingerprint density at radius 2 is 2.16 bits per heavy atom. The summed E-state index contributed by atoms with van der Waals surface area (Å²) < 4.78 is 9.08. The van der Waals surface area contributed by atoms with E-state index in [-0.39, 0.29) is 23.3 Å². The summed E-state index contributed by atoms with van der Waals surface area (Å²) in [6, 6.07) is 2.77. The van der Waals surface area contributed by atoms with Crippen LogP contribution in [0.25, 0.3) is 11.0 Å². The number of methoxy groups -OCH3 is 1. The Hall–Kier alpha value is -2.71. The predicted octanol–water partition coefficient (Wildman–Crippen LogP) is 0.740. The molecule has 1 aromatic carbocycles. The lowest BCUT2D eigenvalue weighted by molar-refractivity contribution is -0.383. The molecule has 0 aliphatic rings. The molecule has 0 aliphatic heterocycles. The molecule has 9 heteroatoms. The fourth-order valence-electron chi connectivity index (χ4n) is 1.64. The van der Waals surface area contributed by atoms with Gasteiger partial charge in [0, 0.05) is 13.1 Å². The molecular formula is C10H10N4O5. The molecule has 1 aromatic heterocycles. The molecule has 2 aromatic rings. The van der Waals surface area contributed by atoms with E-state index in [0.717, 1.165) is 0 Å². The SMILES string of the molecule is COC(=O)CN(C)c1ccc([N+](=O)[O-])c2nonc12. The molecule has 19 heavy (non-hydrogen) atoms. The average molecular weight is 266 g/mol. The zero-order valence-corrected chi connectivity index (χ0v) is 10.2. The van der Waals surface area contributed by atoms with Crippen LogP contribution in [0, 0.1) is 10.1 Å². The van der Waals surface area contributed by atoms with Crippen molar-refractivity contribution < 1.29 is 19.1 Å². The van der Waals surface area contributed by atoms with Gasteiger partial charge in [-0.1, -0.05) is 0 Å². The monoisotopic (exact) mass is 266 g/mol. The van der Waals surface area contributed by atoms with Gasteiger partial charge in [0.05, 0.1) is 17.7 Å². The van der Waals surface area contributed by atoms with Crippen LogP contribution >= 0.6 is 0 Å². The van der Waals surface area contributed by atoms with Crippen LogP contribution in [0.2, 0.25) is 0 Å². The van der Waals surface area contributed by atoms with Gasteiger partial charge in [0.2, 0.25) is 5.52 Å². The first kappa shape index (κ1) is 12.7. The van der Waals surface area contributed by atoms with Gasteiger partial charge in [0.25, 0.3) is 0 Å². The number of non-ortho nitro benzene ring substituents is 1. The van der Waals surface area contributed by atoms with E-state index in [0.29, 0.717) is 5.69 Å². The maximum absolute atomic E-state index is 11.2. The second-order valence-corrected chi connectivity index (χ2v) is 3.75. The lowest BCUT2D eigenvalue weighted by Crippen LogP contribution is -2.26. The molecule has 0 fully saturated rings. The Bertz CT molecular complexity index is 638. The minimum atomic E-state index is -0.573. The Kier molecular flexibility index (Phi) is 3.27. The van der Waals surface area contributed by atoms with E-state index in [2.05, 4.69) is 19.7 Å². The van der Waals surface area contributed by atoms with Crippen LogP contribution in [0.4, 0.5) is 11.4 Å². The molecule has 0 bridgehead atoms. The first-order valence-corrected chi connectivity index (χ1v) is 5.22. The van der Waals surface area contributed by atoms with E-state index in [1.165, 1.54) is 19.2 Å². The number of rotatable bonds is 4. The number of nitrogens with zero attached hydrogens (tertiary/aromatic N) is 4. The minimum absolute atomic E-state index is 0.0176. The van der Waals surface area contributed by atoms with Crippen LogP contribution < -0.4 is 4.90 Å². The normalized spacial score (nSPS) is 10.4. The van der Waals surface area contributed by atoms with Crippen molar-refractivity contribution in [2.45, 2.75) is 0 Å². The minimum Gasteiger partial charge on any atom is -0.468 e. The van der Waals surface area contributed by atoms with Crippen LogP contribution in [0.3, 0.4) is 0 Å². The van der Waals surface area contributed by atoms with Crippen LogP contribution in [-0.4, -0.2) is 41.9 Å². The number of fused-ring (bicyclic) bond motifs is 1. The zero-order valence-electron chi connectivity index (χ0n) is 10.2. The molecule has 0 amide bonds. The van der Waals surface area contributed by atoms with Crippen molar-refractivity contribution in [3.8, 4) is 0 Å². The molecule has 0 aliphatic carbocycles. The summed E-state index contributed by atoms with van der Waals surface area (Å²) in [7, 11) is 2.91. The average Bonchev–Trinajstić information content (AvgIpc) is 2.85. The molecule has 1 heterocycles. The van der Waals surface area contributed by atoms with Gasteiger partial charge < -0.3 is 9.64 Å². The maximum Gasteiger partial charge on any atom is 0.325 e. The molecule has 100 valence electrons. The van der Waals surface area contributed by atoms with Gasteiger partial charge in [-0.25, -0.2) is 4.63 Å². The van der Waals surface area contributed by atoms with Crippen molar-refractivity contribution in [3.05, 3.63) is 22.2 Å². The highest BCUT2D eigenvalue weighted by atomic mass is 16.6. The first-order valence-electron chi connectivity index (χ1n) is 5.22. The smallest absolute Gasteiger partial charge is 0.325 e. The first-order chi connectivity index (χ1) is 9.04. The van der Waals surface area contributed by atoms with Crippen molar-refractivity contribution in [3.63, 3.8) is 0 Å². The van der Waals surface area contributed by atoms with Gasteiger partial charge in [-0.15, -0.1) is 0 Å². The lowest BCUT2D eigenvalue weighted by Gasteiger charge is -2.17. The zero-order chi connectivity index (χ0) is 14.0. The fraction of sp³-hybridized carbons (Fsp3) is 0.300. The number of anilines is 1. The number of nitro groups is 1. The topological polar surface area (TPSA) is 112 Å². The summed E-state index contributed by atoms with van der Waals surface area (Å²) >= 11 is 0. The van der Waals surface area contributed by atoms with Crippen LogP contribution in [0.15, 0.2) is 16.8 Å². The molecule has 0 spiro atoms. The highest BCUT2D eigenvalue weighted by Crippen LogP contribution is 2.30. The molecule has 0 saturated carbocycles. The molecule has 2 rings (SSSR count).